The lowest BCUT2D eigenvalue weighted by Gasteiger charge is -2.15. The van der Waals surface area contributed by atoms with Gasteiger partial charge >= 0.3 is 0 Å². The molecule has 3 heteroatoms. The fraction of sp³-hybridized carbons (Fsp3) is 0.538. The number of thioether (sulfide) groups is 1. The molecule has 0 fully saturated rings. The smallest absolute Gasteiger partial charge is 0.118 e. The molecule has 0 unspecified atom stereocenters. The van der Waals surface area contributed by atoms with Crippen molar-refractivity contribution >= 4 is 19.8 Å². The first-order valence-electron chi connectivity index (χ1n) is 5.87. The molecule has 0 radical (unpaired) electrons. The Morgan fingerprint density at radius 2 is 1.94 bits per heavy atom. The summed E-state index contributed by atoms with van der Waals surface area (Å²) in [6.07, 6.45) is 2.04. The maximum Gasteiger partial charge on any atom is 0.118 e. The van der Waals surface area contributed by atoms with E-state index in [0.29, 0.717) is 5.75 Å². The summed E-state index contributed by atoms with van der Waals surface area (Å²) in [4.78, 5) is 1.30. The molecule has 0 heterocycles. The van der Waals surface area contributed by atoms with E-state index in [2.05, 4.69) is 32.6 Å². The quantitative estimate of drug-likeness (QED) is 0.624. The lowest BCUT2D eigenvalue weighted by molar-refractivity contribution is 0.467. The highest BCUT2D eigenvalue weighted by Gasteiger charge is 2.13. The van der Waals surface area contributed by atoms with Crippen LogP contribution in [0.1, 0.15) is 18.9 Å². The molecule has 0 saturated carbocycles. The van der Waals surface area contributed by atoms with Crippen LogP contribution in [0.4, 0.5) is 0 Å². The van der Waals surface area contributed by atoms with Crippen molar-refractivity contribution in [3.8, 4) is 5.75 Å². The largest absolute Gasteiger partial charge is 0.508 e. The predicted molar refractivity (Wildman–Crippen MR) is 76.2 cm³/mol. The van der Waals surface area contributed by atoms with Crippen molar-refractivity contribution in [3.63, 3.8) is 0 Å². The number of aromatic hydroxyl groups is 1. The number of phenols is 1. The van der Waals surface area contributed by atoms with Gasteiger partial charge in [-0.05, 0) is 35.6 Å². The van der Waals surface area contributed by atoms with Gasteiger partial charge in [-0.3, -0.25) is 0 Å². The molecule has 0 aliphatic rings. The van der Waals surface area contributed by atoms with E-state index in [1.807, 2.05) is 23.9 Å². The molecule has 0 spiro atoms. The minimum absolute atomic E-state index is 0.444. The second kappa shape index (κ2) is 5.78. The first-order valence-corrected chi connectivity index (χ1v) is 10.6. The first-order chi connectivity index (χ1) is 7.42. The molecule has 1 aromatic carbocycles. The summed E-state index contributed by atoms with van der Waals surface area (Å²) >= 11 is 1.93. The zero-order chi connectivity index (χ0) is 12.2. The second-order valence-corrected chi connectivity index (χ2v) is 12.4. The van der Waals surface area contributed by atoms with Crippen molar-refractivity contribution < 1.29 is 5.11 Å². The summed E-state index contributed by atoms with van der Waals surface area (Å²) in [5.74, 6) is 0.444. The molecule has 90 valence electrons. The van der Waals surface area contributed by atoms with Crippen molar-refractivity contribution in [1.29, 1.82) is 0 Å². The first kappa shape index (κ1) is 13.7. The van der Waals surface area contributed by atoms with Crippen LogP contribution in [0.3, 0.4) is 0 Å². The lowest BCUT2D eigenvalue weighted by Crippen LogP contribution is -2.23. The molecule has 0 aliphatic heterocycles. The van der Waals surface area contributed by atoms with E-state index in [-0.39, 0.29) is 0 Å². The summed E-state index contributed by atoms with van der Waals surface area (Å²) in [6.45, 7) is 9.29. The molecule has 0 saturated heterocycles. The van der Waals surface area contributed by atoms with Gasteiger partial charge in [0.15, 0.2) is 0 Å². The highest BCUT2D eigenvalue weighted by molar-refractivity contribution is 8.01. The number of phenolic OH excluding ortho intramolecular Hbond substituents is 1. The molecule has 0 atom stereocenters. The Morgan fingerprint density at radius 3 is 2.50 bits per heavy atom. The van der Waals surface area contributed by atoms with E-state index >= 15 is 0 Å². The van der Waals surface area contributed by atoms with Gasteiger partial charge in [0, 0.05) is 4.90 Å². The van der Waals surface area contributed by atoms with Gasteiger partial charge in [0.25, 0.3) is 0 Å². The summed E-state index contributed by atoms with van der Waals surface area (Å²) < 4.78 is 0. The highest BCUT2D eigenvalue weighted by atomic mass is 32.2. The number of hydrogen-bond donors (Lipinski definition) is 1. The Bertz CT molecular complexity index is 344. The van der Waals surface area contributed by atoms with Crippen LogP contribution in [-0.2, 0) is 6.42 Å². The van der Waals surface area contributed by atoms with Gasteiger partial charge in [0.2, 0.25) is 0 Å². The molecule has 16 heavy (non-hydrogen) atoms. The Balaban J connectivity index is 2.71. The van der Waals surface area contributed by atoms with Crippen LogP contribution in [0.5, 0.6) is 5.75 Å². The average molecular weight is 254 g/mol. The third-order valence-corrected chi connectivity index (χ3v) is 6.87. The maximum atomic E-state index is 9.69. The minimum Gasteiger partial charge on any atom is -0.508 e. The fourth-order valence-corrected chi connectivity index (χ4v) is 4.21. The number of rotatable bonds is 5. The fourth-order valence-electron chi connectivity index (χ4n) is 1.42. The van der Waals surface area contributed by atoms with Crippen LogP contribution < -0.4 is 0 Å². The molecular formula is C13H22OSSi. The Kier molecular flexibility index (Phi) is 4.93. The number of hydrogen-bond acceptors (Lipinski definition) is 2. The van der Waals surface area contributed by atoms with Crippen molar-refractivity contribution in [3.05, 3.63) is 23.8 Å². The molecule has 0 bridgehead atoms. The Morgan fingerprint density at radius 1 is 1.25 bits per heavy atom. The summed E-state index contributed by atoms with van der Waals surface area (Å²) in [7, 11) is -0.989. The lowest BCUT2D eigenvalue weighted by atomic mass is 10.1. The van der Waals surface area contributed by atoms with E-state index < -0.39 is 8.07 Å². The highest BCUT2D eigenvalue weighted by Crippen LogP contribution is 2.27. The van der Waals surface area contributed by atoms with Crippen molar-refractivity contribution in [2.24, 2.45) is 0 Å². The molecule has 0 amide bonds. The topological polar surface area (TPSA) is 20.2 Å². The van der Waals surface area contributed by atoms with Gasteiger partial charge in [0.05, 0.1) is 8.07 Å². The minimum atomic E-state index is -0.989. The average Bonchev–Trinajstić information content (AvgIpc) is 2.18. The zero-order valence-corrected chi connectivity index (χ0v) is 12.5. The van der Waals surface area contributed by atoms with Gasteiger partial charge < -0.3 is 5.11 Å². The molecule has 1 N–H and O–H groups in total. The van der Waals surface area contributed by atoms with Gasteiger partial charge in [-0.2, -0.15) is 0 Å². The summed E-state index contributed by atoms with van der Waals surface area (Å²) in [5.41, 5.74) is 1.09. The van der Waals surface area contributed by atoms with Crippen LogP contribution in [-0.4, -0.2) is 18.6 Å². The standard InChI is InChI=1S/C13H22OSSi/c1-5-6-11-9-12(7-8-13(11)14)15-10-16(2,3)4/h7-9,14H,5-6,10H2,1-4H3. The Labute approximate surface area is 104 Å². The predicted octanol–water partition coefficient (Wildman–Crippen LogP) is 4.31. The summed E-state index contributed by atoms with van der Waals surface area (Å²) in [5, 5.41) is 10.9. The van der Waals surface area contributed by atoms with Crippen molar-refractivity contribution in [2.45, 2.75) is 44.3 Å². The van der Waals surface area contributed by atoms with Gasteiger partial charge in [-0.1, -0.05) is 33.0 Å². The third kappa shape index (κ3) is 4.62. The van der Waals surface area contributed by atoms with Gasteiger partial charge in [-0.25, -0.2) is 0 Å². The molecule has 1 rings (SSSR count). The van der Waals surface area contributed by atoms with Crippen molar-refractivity contribution in [1.82, 2.24) is 0 Å². The van der Waals surface area contributed by atoms with Crippen LogP contribution in [0.15, 0.2) is 23.1 Å². The van der Waals surface area contributed by atoms with E-state index in [0.717, 1.165) is 18.4 Å². The van der Waals surface area contributed by atoms with E-state index in [1.165, 1.54) is 10.3 Å². The maximum absolute atomic E-state index is 9.69. The van der Waals surface area contributed by atoms with Gasteiger partial charge in [-0.15, -0.1) is 11.8 Å². The van der Waals surface area contributed by atoms with Gasteiger partial charge in [0.1, 0.15) is 5.75 Å². The number of benzene rings is 1. The Hall–Kier alpha value is -0.413. The SMILES string of the molecule is CCCc1cc(SC[Si](C)(C)C)ccc1O. The third-order valence-electron chi connectivity index (χ3n) is 2.24. The van der Waals surface area contributed by atoms with E-state index in [1.54, 1.807) is 0 Å². The molecule has 1 nitrogen and oxygen atoms in total. The van der Waals surface area contributed by atoms with Crippen LogP contribution in [0.25, 0.3) is 0 Å². The molecule has 0 aromatic heterocycles. The summed E-state index contributed by atoms with van der Waals surface area (Å²) in [6, 6.07) is 6.00. The van der Waals surface area contributed by atoms with E-state index in [4.69, 9.17) is 0 Å². The zero-order valence-electron chi connectivity index (χ0n) is 10.7. The van der Waals surface area contributed by atoms with Crippen molar-refractivity contribution in [2.75, 3.05) is 5.38 Å². The normalized spacial score (nSPS) is 11.8. The number of aryl methyl sites for hydroxylation is 1. The second-order valence-electron chi connectivity index (χ2n) is 5.39. The molecule has 1 aromatic rings. The van der Waals surface area contributed by atoms with Crippen LogP contribution in [0.2, 0.25) is 19.6 Å². The van der Waals surface area contributed by atoms with E-state index in [9.17, 15) is 5.11 Å². The van der Waals surface area contributed by atoms with Crippen LogP contribution >= 0.6 is 11.8 Å². The molecular weight excluding hydrogens is 232 g/mol. The van der Waals surface area contributed by atoms with Crippen LogP contribution in [0, 0.1) is 0 Å². The monoisotopic (exact) mass is 254 g/mol. The molecule has 0 aliphatic carbocycles.